The zero-order valence-electron chi connectivity index (χ0n) is 8.10. The van der Waals surface area contributed by atoms with E-state index in [1.807, 2.05) is 0 Å². The minimum Gasteiger partial charge on any atom is -0.475 e. The summed E-state index contributed by atoms with van der Waals surface area (Å²) < 4.78 is 35.2. The molecule has 0 fully saturated rings. The molecule has 0 bridgehead atoms. The van der Waals surface area contributed by atoms with Crippen LogP contribution in [0.1, 0.15) is 10.4 Å². The number of carbonyl (C=O) groups excluding carboxylic acids is 1. The molecule has 0 aliphatic carbocycles. The first kappa shape index (κ1) is 12.3. The molecule has 0 atom stereocenters. The fourth-order valence-electron chi connectivity index (χ4n) is 1.03. The van der Waals surface area contributed by atoms with Crippen LogP contribution in [0, 0.1) is 5.82 Å². The maximum absolute atomic E-state index is 13.0. The molecule has 0 aliphatic heterocycles. The molecule has 0 saturated carbocycles. The summed E-state index contributed by atoms with van der Waals surface area (Å²) in [5.74, 6) is -4.11. The fraction of sp³-hybridized carbons (Fsp3) is 0.111. The van der Waals surface area contributed by atoms with Crippen molar-refractivity contribution in [2.45, 2.75) is 4.90 Å². The number of hydrogen-bond donors (Lipinski definition) is 1. The van der Waals surface area contributed by atoms with Crippen LogP contribution in [0.4, 0.5) is 4.39 Å². The predicted molar refractivity (Wildman–Crippen MR) is 51.5 cm³/mol. The Bertz CT molecular complexity index is 561. The van der Waals surface area contributed by atoms with Crippen molar-refractivity contribution in [2.24, 2.45) is 0 Å². The molecule has 0 amide bonds. The minimum absolute atomic E-state index is 0.433. The van der Waals surface area contributed by atoms with Crippen molar-refractivity contribution in [3.05, 3.63) is 29.6 Å². The molecular weight excluding hydrogens is 239 g/mol. The number of carbonyl (C=O) groups is 2. The SMILES string of the molecule is CS(=O)(=O)c1cc(F)cc(C(=O)C(=O)O)c1. The van der Waals surface area contributed by atoms with Crippen LogP contribution in [-0.2, 0) is 14.6 Å². The van der Waals surface area contributed by atoms with E-state index in [-0.39, 0.29) is 0 Å². The Morgan fingerprint density at radius 2 is 1.81 bits per heavy atom. The Hall–Kier alpha value is -1.76. The molecule has 0 heterocycles. The molecule has 0 radical (unpaired) electrons. The second kappa shape index (κ2) is 4.01. The van der Waals surface area contributed by atoms with Crippen LogP contribution in [0.3, 0.4) is 0 Å². The van der Waals surface area contributed by atoms with Crippen molar-refractivity contribution in [1.29, 1.82) is 0 Å². The van der Waals surface area contributed by atoms with Crippen LogP contribution in [0.5, 0.6) is 0 Å². The first-order valence-corrected chi connectivity index (χ1v) is 5.89. The molecular formula is C9H7FO5S. The lowest BCUT2D eigenvalue weighted by Gasteiger charge is -2.01. The van der Waals surface area contributed by atoms with Gasteiger partial charge in [-0.05, 0) is 18.2 Å². The van der Waals surface area contributed by atoms with Crippen molar-refractivity contribution in [3.63, 3.8) is 0 Å². The standard InChI is InChI=1S/C9H7FO5S/c1-16(14,15)7-3-5(2-6(10)4-7)8(11)9(12)13/h2-4H,1H3,(H,12,13). The molecule has 1 rings (SSSR count). The van der Waals surface area contributed by atoms with Gasteiger partial charge in [0.2, 0.25) is 0 Å². The number of Topliss-reactive ketones (excluding diaryl/α,β-unsaturated/α-hetero) is 1. The van der Waals surface area contributed by atoms with Crippen molar-refractivity contribution < 1.29 is 27.5 Å². The highest BCUT2D eigenvalue weighted by atomic mass is 32.2. The third-order valence-corrected chi connectivity index (χ3v) is 2.85. The maximum Gasteiger partial charge on any atom is 0.377 e. The number of carboxylic acid groups (broad SMARTS) is 1. The number of sulfone groups is 1. The molecule has 5 nitrogen and oxygen atoms in total. The topological polar surface area (TPSA) is 88.5 Å². The summed E-state index contributed by atoms with van der Waals surface area (Å²) in [5, 5.41) is 8.40. The molecule has 0 saturated heterocycles. The van der Waals surface area contributed by atoms with Gasteiger partial charge in [-0.2, -0.15) is 0 Å². The van der Waals surface area contributed by atoms with Crippen molar-refractivity contribution in [3.8, 4) is 0 Å². The highest BCUT2D eigenvalue weighted by Gasteiger charge is 2.18. The monoisotopic (exact) mass is 246 g/mol. The van der Waals surface area contributed by atoms with Crippen LogP contribution >= 0.6 is 0 Å². The Labute approximate surface area is 90.4 Å². The summed E-state index contributed by atoms with van der Waals surface area (Å²) in [7, 11) is -3.69. The second-order valence-electron chi connectivity index (χ2n) is 3.08. The van der Waals surface area contributed by atoms with Crippen molar-refractivity contribution in [2.75, 3.05) is 6.26 Å². The van der Waals surface area contributed by atoms with E-state index in [4.69, 9.17) is 5.11 Å². The smallest absolute Gasteiger partial charge is 0.377 e. The van der Waals surface area contributed by atoms with Gasteiger partial charge in [0, 0.05) is 11.8 Å². The van der Waals surface area contributed by atoms with E-state index in [0.29, 0.717) is 12.1 Å². The number of halogens is 1. The Kier molecular flexibility index (Phi) is 3.09. The zero-order chi connectivity index (χ0) is 12.5. The zero-order valence-corrected chi connectivity index (χ0v) is 8.91. The van der Waals surface area contributed by atoms with Gasteiger partial charge in [-0.1, -0.05) is 0 Å². The number of rotatable bonds is 3. The third-order valence-electron chi connectivity index (χ3n) is 1.76. The molecule has 86 valence electrons. The molecule has 0 unspecified atom stereocenters. The molecule has 1 aromatic rings. The summed E-state index contributed by atoms with van der Waals surface area (Å²) in [6.07, 6.45) is 0.830. The summed E-state index contributed by atoms with van der Waals surface area (Å²) in [5.41, 5.74) is -0.507. The van der Waals surface area contributed by atoms with Gasteiger partial charge in [0.25, 0.3) is 5.78 Å². The predicted octanol–water partition coefficient (Wildman–Crippen LogP) is 0.497. The molecule has 1 aromatic carbocycles. The summed E-state index contributed by atoms with van der Waals surface area (Å²) in [4.78, 5) is 20.9. The van der Waals surface area contributed by atoms with Crippen LogP contribution in [0.15, 0.2) is 23.1 Å². The lowest BCUT2D eigenvalue weighted by molar-refractivity contribution is -0.131. The van der Waals surface area contributed by atoms with Crippen LogP contribution in [0.2, 0.25) is 0 Å². The van der Waals surface area contributed by atoms with E-state index in [0.717, 1.165) is 12.3 Å². The number of ketones is 1. The van der Waals surface area contributed by atoms with E-state index in [1.165, 1.54) is 0 Å². The van der Waals surface area contributed by atoms with Gasteiger partial charge in [-0.3, -0.25) is 4.79 Å². The highest BCUT2D eigenvalue weighted by molar-refractivity contribution is 7.90. The highest BCUT2D eigenvalue weighted by Crippen LogP contribution is 2.14. The number of aliphatic carboxylic acids is 1. The molecule has 1 N–H and O–H groups in total. The summed E-state index contributed by atoms with van der Waals surface area (Å²) >= 11 is 0. The van der Waals surface area contributed by atoms with E-state index in [9.17, 15) is 22.4 Å². The first-order valence-electron chi connectivity index (χ1n) is 4.00. The number of hydrogen-bond acceptors (Lipinski definition) is 4. The fourth-order valence-corrected chi connectivity index (χ4v) is 1.70. The Morgan fingerprint density at radius 3 is 2.25 bits per heavy atom. The molecule has 16 heavy (non-hydrogen) atoms. The van der Waals surface area contributed by atoms with Gasteiger partial charge < -0.3 is 5.11 Å². The Balaban J connectivity index is 3.40. The van der Waals surface area contributed by atoms with Gasteiger partial charge in [-0.25, -0.2) is 17.6 Å². The normalized spacial score (nSPS) is 11.1. The second-order valence-corrected chi connectivity index (χ2v) is 5.10. The van der Waals surface area contributed by atoms with Gasteiger partial charge >= 0.3 is 5.97 Å². The molecule has 0 aliphatic rings. The lowest BCUT2D eigenvalue weighted by Crippen LogP contribution is -2.13. The lowest BCUT2D eigenvalue weighted by atomic mass is 10.1. The average molecular weight is 246 g/mol. The summed E-state index contributed by atoms with van der Waals surface area (Å²) in [6, 6.07) is 2.22. The van der Waals surface area contributed by atoms with Crippen LogP contribution in [-0.4, -0.2) is 31.5 Å². The average Bonchev–Trinajstić information content (AvgIpc) is 2.14. The minimum atomic E-state index is -3.69. The van der Waals surface area contributed by atoms with E-state index in [2.05, 4.69) is 0 Å². The maximum atomic E-state index is 13.0. The van der Waals surface area contributed by atoms with E-state index in [1.54, 1.807) is 0 Å². The third kappa shape index (κ3) is 2.63. The first-order chi connectivity index (χ1) is 7.21. The number of carboxylic acids is 1. The Morgan fingerprint density at radius 1 is 1.25 bits per heavy atom. The number of benzene rings is 1. The van der Waals surface area contributed by atoms with Crippen LogP contribution in [0.25, 0.3) is 0 Å². The van der Waals surface area contributed by atoms with Gasteiger partial charge in [0.15, 0.2) is 9.84 Å². The van der Waals surface area contributed by atoms with Gasteiger partial charge in [-0.15, -0.1) is 0 Å². The molecule has 7 heteroatoms. The largest absolute Gasteiger partial charge is 0.475 e. The van der Waals surface area contributed by atoms with Gasteiger partial charge in [0.05, 0.1) is 4.90 Å². The summed E-state index contributed by atoms with van der Waals surface area (Å²) in [6.45, 7) is 0. The van der Waals surface area contributed by atoms with Gasteiger partial charge in [0.1, 0.15) is 5.82 Å². The van der Waals surface area contributed by atoms with Crippen molar-refractivity contribution >= 4 is 21.6 Å². The van der Waals surface area contributed by atoms with Crippen molar-refractivity contribution in [1.82, 2.24) is 0 Å². The quantitative estimate of drug-likeness (QED) is 0.619. The van der Waals surface area contributed by atoms with E-state index >= 15 is 0 Å². The molecule has 0 aromatic heterocycles. The van der Waals surface area contributed by atoms with E-state index < -0.39 is 37.9 Å². The molecule has 0 spiro atoms. The van der Waals surface area contributed by atoms with Crippen LogP contribution < -0.4 is 0 Å².